The molecule has 1 fully saturated rings. The van der Waals surface area contributed by atoms with Crippen molar-refractivity contribution < 1.29 is 14.5 Å². The van der Waals surface area contributed by atoms with Crippen LogP contribution in [0.5, 0.6) is 0 Å². The van der Waals surface area contributed by atoms with Gasteiger partial charge in [-0.3, -0.25) is 14.7 Å². The SMILES string of the molecule is C[N+](C)=C(N1CCOCC1)N1NN(O)c2cc(Cl)ccc21. The number of halogens is 1. The number of hydrogen-bond acceptors (Lipinski definition) is 4. The molecule has 7 nitrogen and oxygen atoms in total. The minimum Gasteiger partial charge on any atom is -0.375 e. The Labute approximate surface area is 128 Å². The lowest BCUT2D eigenvalue weighted by atomic mass is 10.2. The topological polar surface area (TPSA) is 54.2 Å². The van der Waals surface area contributed by atoms with Gasteiger partial charge >= 0.3 is 5.96 Å². The second-order valence-electron chi connectivity index (χ2n) is 5.17. The van der Waals surface area contributed by atoms with Gasteiger partial charge in [-0.15, -0.1) is 5.01 Å². The molecule has 0 radical (unpaired) electrons. The fraction of sp³-hybridized carbons (Fsp3) is 0.462. The van der Waals surface area contributed by atoms with Crippen LogP contribution >= 0.6 is 11.6 Å². The van der Waals surface area contributed by atoms with E-state index in [9.17, 15) is 5.21 Å². The predicted molar refractivity (Wildman–Crippen MR) is 80.8 cm³/mol. The number of benzene rings is 1. The van der Waals surface area contributed by atoms with E-state index in [0.717, 1.165) is 29.9 Å². The summed E-state index contributed by atoms with van der Waals surface area (Å²) >= 11 is 6.00. The van der Waals surface area contributed by atoms with Crippen LogP contribution in [0.15, 0.2) is 18.2 Å². The van der Waals surface area contributed by atoms with Gasteiger partial charge in [0.05, 0.1) is 40.4 Å². The van der Waals surface area contributed by atoms with Crippen LogP contribution in [-0.2, 0) is 4.74 Å². The highest BCUT2D eigenvalue weighted by atomic mass is 35.5. The standard InChI is InChI=1S/C13H19ClN5O2/c1-16(2)13(17-5-7-21-8-6-17)18-11-4-3-10(14)9-12(11)19(20)15-18/h3-4,9,15,20H,5-8H2,1-2H3/q+1. The number of anilines is 2. The molecule has 0 bridgehead atoms. The van der Waals surface area contributed by atoms with Crippen molar-refractivity contribution in [1.29, 1.82) is 0 Å². The van der Waals surface area contributed by atoms with Gasteiger partial charge in [0, 0.05) is 5.02 Å². The van der Waals surface area contributed by atoms with Crippen LogP contribution < -0.4 is 15.7 Å². The number of hydrazine groups is 2. The fourth-order valence-corrected chi connectivity index (χ4v) is 2.76. The maximum atomic E-state index is 10.1. The summed E-state index contributed by atoms with van der Waals surface area (Å²) in [6, 6.07) is 5.40. The second-order valence-corrected chi connectivity index (χ2v) is 5.61. The smallest absolute Gasteiger partial charge is 0.374 e. The predicted octanol–water partition coefficient (Wildman–Crippen LogP) is 0.735. The number of morpholine rings is 1. The Morgan fingerprint density at radius 2 is 2.00 bits per heavy atom. The zero-order chi connectivity index (χ0) is 15.0. The minimum atomic E-state index is 0.578. The third kappa shape index (κ3) is 2.65. The van der Waals surface area contributed by atoms with Gasteiger partial charge in [0.2, 0.25) is 0 Å². The fourth-order valence-electron chi connectivity index (χ4n) is 2.60. The van der Waals surface area contributed by atoms with Crippen LogP contribution in [0.2, 0.25) is 5.02 Å². The molecule has 1 saturated heterocycles. The third-order valence-corrected chi connectivity index (χ3v) is 3.73. The number of ether oxygens (including phenoxy) is 1. The van der Waals surface area contributed by atoms with Crippen molar-refractivity contribution >= 4 is 28.9 Å². The van der Waals surface area contributed by atoms with Crippen LogP contribution in [0.3, 0.4) is 0 Å². The van der Waals surface area contributed by atoms with Gasteiger partial charge < -0.3 is 4.74 Å². The largest absolute Gasteiger partial charge is 0.375 e. The van der Waals surface area contributed by atoms with Crippen molar-refractivity contribution in [3.8, 4) is 0 Å². The Kier molecular flexibility index (Phi) is 3.90. The summed E-state index contributed by atoms with van der Waals surface area (Å²) in [6.45, 7) is 3.00. The molecule has 21 heavy (non-hydrogen) atoms. The first-order chi connectivity index (χ1) is 10.1. The Bertz CT molecular complexity index is 570. The molecular formula is C13H19ClN5O2+. The maximum absolute atomic E-state index is 10.1. The average molecular weight is 313 g/mol. The van der Waals surface area contributed by atoms with E-state index < -0.39 is 0 Å². The van der Waals surface area contributed by atoms with Gasteiger partial charge in [-0.2, -0.15) is 5.17 Å². The minimum absolute atomic E-state index is 0.578. The molecule has 2 aliphatic rings. The molecule has 0 aliphatic carbocycles. The highest BCUT2D eigenvalue weighted by Crippen LogP contribution is 2.35. The van der Waals surface area contributed by atoms with Crippen LogP contribution in [0, 0.1) is 0 Å². The van der Waals surface area contributed by atoms with Gasteiger partial charge in [-0.25, -0.2) is 0 Å². The lowest BCUT2D eigenvalue weighted by Gasteiger charge is -2.28. The zero-order valence-corrected chi connectivity index (χ0v) is 12.8. The van der Waals surface area contributed by atoms with Crippen molar-refractivity contribution in [3.63, 3.8) is 0 Å². The van der Waals surface area contributed by atoms with Crippen molar-refractivity contribution in [2.75, 3.05) is 50.6 Å². The first-order valence-electron chi connectivity index (χ1n) is 6.80. The van der Waals surface area contributed by atoms with E-state index >= 15 is 0 Å². The molecular weight excluding hydrogens is 294 g/mol. The van der Waals surface area contributed by atoms with Gasteiger partial charge in [0.1, 0.15) is 5.69 Å². The molecule has 3 rings (SSSR count). The average Bonchev–Trinajstić information content (AvgIpc) is 2.77. The molecule has 1 aromatic carbocycles. The van der Waals surface area contributed by atoms with E-state index in [0.29, 0.717) is 23.9 Å². The molecule has 2 N–H and O–H groups in total. The number of guanidine groups is 1. The molecule has 2 aliphatic heterocycles. The number of nitrogens with zero attached hydrogens (tertiary/aromatic N) is 4. The van der Waals surface area contributed by atoms with E-state index in [2.05, 4.69) is 10.4 Å². The van der Waals surface area contributed by atoms with Crippen LogP contribution in [0.25, 0.3) is 0 Å². The van der Waals surface area contributed by atoms with Gasteiger partial charge in [0.15, 0.2) is 5.69 Å². The molecule has 2 heterocycles. The molecule has 0 atom stereocenters. The van der Waals surface area contributed by atoms with Crippen LogP contribution in [0.4, 0.5) is 11.4 Å². The van der Waals surface area contributed by atoms with E-state index in [1.807, 2.05) is 29.7 Å². The third-order valence-electron chi connectivity index (χ3n) is 3.50. The molecule has 0 amide bonds. The molecule has 114 valence electrons. The van der Waals surface area contributed by atoms with Gasteiger partial charge in [-0.1, -0.05) is 17.1 Å². The number of fused-ring (bicyclic) bond motifs is 1. The maximum Gasteiger partial charge on any atom is 0.374 e. The lowest BCUT2D eigenvalue weighted by Crippen LogP contribution is -2.57. The highest BCUT2D eigenvalue weighted by Gasteiger charge is 2.38. The van der Waals surface area contributed by atoms with E-state index in [-0.39, 0.29) is 0 Å². The normalized spacial score (nSPS) is 18.0. The first-order valence-corrected chi connectivity index (χ1v) is 7.17. The van der Waals surface area contributed by atoms with E-state index in [1.54, 1.807) is 12.1 Å². The van der Waals surface area contributed by atoms with E-state index in [4.69, 9.17) is 16.3 Å². The molecule has 0 aromatic heterocycles. The number of nitrogens with one attached hydrogen (secondary N) is 1. The highest BCUT2D eigenvalue weighted by molar-refractivity contribution is 6.31. The van der Waals surface area contributed by atoms with Crippen LogP contribution in [-0.4, -0.2) is 61.0 Å². The molecule has 1 aromatic rings. The summed E-state index contributed by atoms with van der Waals surface area (Å²) in [5, 5.41) is 13.5. The van der Waals surface area contributed by atoms with Crippen molar-refractivity contribution in [1.82, 2.24) is 10.4 Å². The van der Waals surface area contributed by atoms with E-state index in [1.165, 1.54) is 0 Å². The monoisotopic (exact) mass is 312 g/mol. The Hall–Kier alpha value is -1.54. The number of hydrogen-bond donors (Lipinski definition) is 2. The van der Waals surface area contributed by atoms with Crippen molar-refractivity contribution in [3.05, 3.63) is 23.2 Å². The second kappa shape index (κ2) is 5.69. The zero-order valence-electron chi connectivity index (χ0n) is 12.1. The first kappa shape index (κ1) is 14.4. The summed E-state index contributed by atoms with van der Waals surface area (Å²) in [6.07, 6.45) is 0. The summed E-state index contributed by atoms with van der Waals surface area (Å²) < 4.78 is 7.42. The van der Waals surface area contributed by atoms with Gasteiger partial charge in [-0.05, 0) is 18.2 Å². The van der Waals surface area contributed by atoms with Crippen molar-refractivity contribution in [2.45, 2.75) is 0 Å². The summed E-state index contributed by atoms with van der Waals surface area (Å²) in [5.74, 6) is 0.943. The molecule has 0 spiro atoms. The van der Waals surface area contributed by atoms with Crippen LogP contribution in [0.1, 0.15) is 0 Å². The Morgan fingerprint density at radius 1 is 1.29 bits per heavy atom. The Morgan fingerprint density at radius 3 is 2.67 bits per heavy atom. The van der Waals surface area contributed by atoms with Gasteiger partial charge in [0.25, 0.3) is 0 Å². The lowest BCUT2D eigenvalue weighted by molar-refractivity contribution is -0.471. The van der Waals surface area contributed by atoms with Crippen molar-refractivity contribution in [2.24, 2.45) is 0 Å². The molecule has 0 saturated carbocycles. The summed E-state index contributed by atoms with van der Waals surface area (Å²) in [5.41, 5.74) is 4.39. The summed E-state index contributed by atoms with van der Waals surface area (Å²) in [4.78, 5) is 2.22. The quantitative estimate of drug-likeness (QED) is 0.419. The number of rotatable bonds is 0. The Balaban J connectivity index is 1.97. The molecule has 0 unspecified atom stereocenters. The molecule has 8 heteroatoms. The summed E-state index contributed by atoms with van der Waals surface area (Å²) in [7, 11) is 3.95.